The molecule has 0 rings (SSSR count). The molecule has 0 aliphatic carbocycles. The van der Waals surface area contributed by atoms with E-state index in [9.17, 15) is 9.59 Å². The number of rotatable bonds is 5. The zero-order valence-electron chi connectivity index (χ0n) is 8.96. The topological polar surface area (TPSA) is 75.6 Å². The van der Waals surface area contributed by atoms with Gasteiger partial charge in [-0.15, -0.1) is 0 Å². The third kappa shape index (κ3) is 4.81. The molecule has 0 bridgehead atoms. The lowest BCUT2D eigenvalue weighted by Gasteiger charge is -2.27. The van der Waals surface area contributed by atoms with Crippen molar-refractivity contribution >= 4 is 11.9 Å². The third-order valence-corrected chi connectivity index (χ3v) is 1.76. The Morgan fingerprint density at radius 2 is 2.00 bits per heavy atom. The Hall–Kier alpha value is -1.10. The first-order chi connectivity index (χ1) is 6.28. The minimum atomic E-state index is -0.951. The number of ether oxygens (including phenoxy) is 1. The highest BCUT2D eigenvalue weighted by atomic mass is 16.6. The van der Waals surface area contributed by atoms with Gasteiger partial charge in [-0.3, -0.25) is 9.59 Å². The average molecular weight is 203 g/mol. The summed E-state index contributed by atoms with van der Waals surface area (Å²) in [6, 6.07) is -0.704. The van der Waals surface area contributed by atoms with Crippen LogP contribution < -0.4 is 5.32 Å². The maximum absolute atomic E-state index is 10.7. The highest BCUT2D eigenvalue weighted by Gasteiger charge is 2.29. The van der Waals surface area contributed by atoms with E-state index >= 15 is 0 Å². The first kappa shape index (κ1) is 12.9. The van der Waals surface area contributed by atoms with Gasteiger partial charge in [0.1, 0.15) is 11.6 Å². The summed E-state index contributed by atoms with van der Waals surface area (Å²) in [5, 5.41) is 11.4. The smallest absolute Gasteiger partial charge is 0.320 e. The minimum absolute atomic E-state index is 0.235. The van der Waals surface area contributed by atoms with E-state index in [4.69, 9.17) is 9.84 Å². The van der Waals surface area contributed by atoms with Crippen molar-refractivity contribution < 1.29 is 19.4 Å². The van der Waals surface area contributed by atoms with Crippen molar-refractivity contribution in [3.05, 3.63) is 0 Å². The van der Waals surface area contributed by atoms with Crippen LogP contribution in [0.4, 0.5) is 0 Å². The van der Waals surface area contributed by atoms with Gasteiger partial charge in [-0.2, -0.15) is 0 Å². The zero-order valence-corrected chi connectivity index (χ0v) is 8.96. The molecule has 0 aliphatic rings. The van der Waals surface area contributed by atoms with Gasteiger partial charge in [0.15, 0.2) is 0 Å². The predicted molar refractivity (Wildman–Crippen MR) is 50.9 cm³/mol. The van der Waals surface area contributed by atoms with Crippen LogP contribution in [0.25, 0.3) is 0 Å². The summed E-state index contributed by atoms with van der Waals surface area (Å²) < 4.78 is 4.98. The fourth-order valence-corrected chi connectivity index (χ4v) is 1.24. The molecular formula is C9H17NO4. The molecule has 0 fully saturated rings. The van der Waals surface area contributed by atoms with E-state index in [-0.39, 0.29) is 6.42 Å². The van der Waals surface area contributed by atoms with Crippen molar-refractivity contribution in [1.82, 2.24) is 5.32 Å². The van der Waals surface area contributed by atoms with E-state index in [1.165, 1.54) is 6.92 Å². The third-order valence-electron chi connectivity index (χ3n) is 1.76. The minimum Gasteiger partial charge on any atom is -0.480 e. The standard InChI is InChI=1S/C9H17NO4/c1-6(11)14-9(2,3)5-7(10-4)8(12)13/h7,10H,5H2,1-4H3,(H,12,13). The summed E-state index contributed by atoms with van der Waals surface area (Å²) in [7, 11) is 1.56. The van der Waals surface area contributed by atoms with Crippen molar-refractivity contribution in [2.24, 2.45) is 0 Å². The Bertz CT molecular complexity index is 225. The number of nitrogens with one attached hydrogen (secondary N) is 1. The number of carbonyl (C=O) groups excluding carboxylic acids is 1. The Labute approximate surface area is 83.4 Å². The molecule has 0 aromatic heterocycles. The average Bonchev–Trinajstić information content (AvgIpc) is 1.97. The van der Waals surface area contributed by atoms with Crippen molar-refractivity contribution in [2.75, 3.05) is 7.05 Å². The van der Waals surface area contributed by atoms with E-state index in [1.54, 1.807) is 20.9 Å². The highest BCUT2D eigenvalue weighted by Crippen LogP contribution is 2.17. The number of carboxylic acid groups (broad SMARTS) is 1. The zero-order chi connectivity index (χ0) is 11.4. The summed E-state index contributed by atoms with van der Waals surface area (Å²) >= 11 is 0. The van der Waals surface area contributed by atoms with E-state index in [2.05, 4.69) is 5.32 Å². The van der Waals surface area contributed by atoms with Gasteiger partial charge >= 0.3 is 11.9 Å². The van der Waals surface area contributed by atoms with Gasteiger partial charge in [0.05, 0.1) is 0 Å². The second kappa shape index (κ2) is 4.95. The predicted octanol–water partition coefficient (Wildman–Crippen LogP) is 0.391. The van der Waals surface area contributed by atoms with Crippen LogP contribution >= 0.6 is 0 Å². The first-order valence-electron chi connectivity index (χ1n) is 4.38. The lowest BCUT2D eigenvalue weighted by atomic mass is 9.99. The molecule has 0 spiro atoms. The monoisotopic (exact) mass is 203 g/mol. The van der Waals surface area contributed by atoms with E-state index < -0.39 is 23.6 Å². The normalized spacial score (nSPS) is 13.4. The van der Waals surface area contributed by atoms with Gasteiger partial charge in [0.25, 0.3) is 0 Å². The molecule has 0 heterocycles. The van der Waals surface area contributed by atoms with Crippen LogP contribution in [0, 0.1) is 0 Å². The van der Waals surface area contributed by atoms with Crippen LogP contribution in [-0.2, 0) is 14.3 Å². The molecule has 0 aliphatic heterocycles. The summed E-state index contributed by atoms with van der Waals surface area (Å²) in [4.78, 5) is 21.4. The second-order valence-corrected chi connectivity index (χ2v) is 3.74. The molecule has 0 saturated carbocycles. The number of carbonyl (C=O) groups is 2. The second-order valence-electron chi connectivity index (χ2n) is 3.74. The van der Waals surface area contributed by atoms with Gasteiger partial charge in [-0.25, -0.2) is 0 Å². The largest absolute Gasteiger partial charge is 0.480 e. The molecule has 5 nitrogen and oxygen atoms in total. The molecule has 0 saturated heterocycles. The van der Waals surface area contributed by atoms with Crippen LogP contribution in [0.3, 0.4) is 0 Å². The Morgan fingerprint density at radius 3 is 2.29 bits per heavy atom. The van der Waals surface area contributed by atoms with Crippen LogP contribution in [0.15, 0.2) is 0 Å². The van der Waals surface area contributed by atoms with E-state index in [0.29, 0.717) is 0 Å². The molecule has 2 N–H and O–H groups in total. The van der Waals surface area contributed by atoms with Crippen molar-refractivity contribution in [2.45, 2.75) is 38.8 Å². The first-order valence-corrected chi connectivity index (χ1v) is 4.38. The van der Waals surface area contributed by atoms with Crippen LogP contribution in [-0.4, -0.2) is 35.7 Å². The van der Waals surface area contributed by atoms with Crippen LogP contribution in [0.5, 0.6) is 0 Å². The summed E-state index contributed by atoms with van der Waals surface area (Å²) in [5.41, 5.74) is -0.766. The van der Waals surface area contributed by atoms with Gasteiger partial charge in [-0.05, 0) is 20.9 Å². The van der Waals surface area contributed by atoms with Gasteiger partial charge in [0, 0.05) is 13.3 Å². The lowest BCUT2D eigenvalue weighted by Crippen LogP contribution is -2.42. The number of carboxylic acids is 1. The SMILES string of the molecule is CNC(CC(C)(C)OC(C)=O)C(=O)O. The van der Waals surface area contributed by atoms with Gasteiger partial charge in [0.2, 0.25) is 0 Å². The molecular weight excluding hydrogens is 186 g/mol. The van der Waals surface area contributed by atoms with Crippen LogP contribution in [0.1, 0.15) is 27.2 Å². The lowest BCUT2D eigenvalue weighted by molar-refractivity contribution is -0.157. The molecule has 0 aromatic carbocycles. The summed E-state index contributed by atoms with van der Waals surface area (Å²) in [6.45, 7) is 4.67. The Balaban J connectivity index is 4.31. The van der Waals surface area contributed by atoms with Crippen LogP contribution in [0.2, 0.25) is 0 Å². The summed E-state index contributed by atoms with van der Waals surface area (Å²) in [6.07, 6.45) is 0.235. The molecule has 82 valence electrons. The van der Waals surface area contributed by atoms with Gasteiger partial charge in [-0.1, -0.05) is 0 Å². The number of esters is 1. The fourth-order valence-electron chi connectivity index (χ4n) is 1.24. The molecule has 0 amide bonds. The molecule has 0 aromatic rings. The number of hydrogen-bond acceptors (Lipinski definition) is 4. The van der Waals surface area contributed by atoms with Crippen molar-refractivity contribution in [3.8, 4) is 0 Å². The Kier molecular flexibility index (Phi) is 4.56. The van der Waals surface area contributed by atoms with E-state index in [1.807, 2.05) is 0 Å². The Morgan fingerprint density at radius 1 is 1.50 bits per heavy atom. The fraction of sp³-hybridized carbons (Fsp3) is 0.778. The number of aliphatic carboxylic acids is 1. The highest BCUT2D eigenvalue weighted by molar-refractivity contribution is 5.73. The number of likely N-dealkylation sites (N-methyl/N-ethyl adjacent to an activating group) is 1. The van der Waals surface area contributed by atoms with Crippen molar-refractivity contribution in [3.63, 3.8) is 0 Å². The molecule has 1 unspecified atom stereocenters. The molecule has 1 atom stereocenters. The molecule has 14 heavy (non-hydrogen) atoms. The van der Waals surface area contributed by atoms with Gasteiger partial charge < -0.3 is 15.2 Å². The maximum Gasteiger partial charge on any atom is 0.320 e. The quantitative estimate of drug-likeness (QED) is 0.632. The molecule has 0 radical (unpaired) electrons. The van der Waals surface area contributed by atoms with Crippen molar-refractivity contribution in [1.29, 1.82) is 0 Å². The maximum atomic E-state index is 10.7. The van der Waals surface area contributed by atoms with E-state index in [0.717, 1.165) is 0 Å². The number of hydrogen-bond donors (Lipinski definition) is 2. The molecule has 5 heteroatoms. The summed E-state index contributed by atoms with van der Waals surface area (Å²) in [5.74, 6) is -1.36.